The highest BCUT2D eigenvalue weighted by molar-refractivity contribution is 5.73. The molecule has 1 aliphatic heterocycles. The highest BCUT2D eigenvalue weighted by Gasteiger charge is 2.14. The number of carbonyl (C=O) groups is 1. The fourth-order valence-corrected chi connectivity index (χ4v) is 1.67. The number of nitrogens with zero attached hydrogens (tertiary/aromatic N) is 1. The van der Waals surface area contributed by atoms with Gasteiger partial charge in [0.1, 0.15) is 0 Å². The van der Waals surface area contributed by atoms with E-state index < -0.39 is 0 Å². The van der Waals surface area contributed by atoms with Crippen molar-refractivity contribution in [3.63, 3.8) is 0 Å². The lowest BCUT2D eigenvalue weighted by Crippen LogP contribution is -2.36. The number of hydrogen-bond acceptors (Lipinski definition) is 3. The van der Waals surface area contributed by atoms with Crippen molar-refractivity contribution in [3.8, 4) is 11.5 Å². The Morgan fingerprint density at radius 2 is 2.18 bits per heavy atom. The van der Waals surface area contributed by atoms with Crippen molar-refractivity contribution in [1.29, 1.82) is 0 Å². The summed E-state index contributed by atoms with van der Waals surface area (Å²) in [5.74, 6) is 1.50. The first kappa shape index (κ1) is 11.6. The first-order valence-electron chi connectivity index (χ1n) is 5.58. The zero-order valence-electron chi connectivity index (χ0n) is 10.0. The molecule has 1 heterocycles. The van der Waals surface area contributed by atoms with Crippen molar-refractivity contribution < 1.29 is 14.3 Å². The largest absolute Gasteiger partial charge is 0.454 e. The van der Waals surface area contributed by atoms with Gasteiger partial charge in [-0.05, 0) is 24.6 Å². The Bertz CT molecular complexity index is 420. The summed E-state index contributed by atoms with van der Waals surface area (Å²) in [5.41, 5.74) is 1.02. The standard InChI is InChI=1S/C12H16N2O3/c1-3-13-12(15)14(2)7-9-4-5-10-11(6-9)17-8-16-10/h4-6H,3,7-8H2,1-2H3,(H,13,15). The average Bonchev–Trinajstić information content (AvgIpc) is 2.76. The Labute approximate surface area is 100 Å². The topological polar surface area (TPSA) is 50.8 Å². The van der Waals surface area contributed by atoms with E-state index in [4.69, 9.17) is 9.47 Å². The highest BCUT2D eigenvalue weighted by Crippen LogP contribution is 2.32. The first-order chi connectivity index (χ1) is 8.20. The third kappa shape index (κ3) is 2.61. The van der Waals surface area contributed by atoms with Crippen LogP contribution < -0.4 is 14.8 Å². The second kappa shape index (κ2) is 4.95. The Morgan fingerprint density at radius 3 is 2.94 bits per heavy atom. The fourth-order valence-electron chi connectivity index (χ4n) is 1.67. The maximum Gasteiger partial charge on any atom is 0.317 e. The summed E-state index contributed by atoms with van der Waals surface area (Å²) >= 11 is 0. The molecule has 0 fully saturated rings. The maximum atomic E-state index is 11.5. The summed E-state index contributed by atoms with van der Waals surface area (Å²) in [6.45, 7) is 3.34. The molecule has 0 aliphatic carbocycles. The Balaban J connectivity index is 2.01. The maximum absolute atomic E-state index is 11.5. The molecule has 0 saturated heterocycles. The minimum atomic E-state index is -0.0785. The normalized spacial score (nSPS) is 12.4. The molecule has 0 radical (unpaired) electrons. The lowest BCUT2D eigenvalue weighted by atomic mass is 10.2. The Hall–Kier alpha value is -1.91. The molecule has 0 atom stereocenters. The molecule has 1 aromatic carbocycles. The zero-order chi connectivity index (χ0) is 12.3. The van der Waals surface area contributed by atoms with Gasteiger partial charge in [0.15, 0.2) is 11.5 Å². The number of hydrogen-bond donors (Lipinski definition) is 1. The van der Waals surface area contributed by atoms with Crippen LogP contribution in [0.1, 0.15) is 12.5 Å². The number of ether oxygens (including phenoxy) is 2. The molecule has 17 heavy (non-hydrogen) atoms. The molecule has 92 valence electrons. The van der Waals surface area contributed by atoms with Gasteiger partial charge in [-0.1, -0.05) is 6.07 Å². The van der Waals surface area contributed by atoms with Gasteiger partial charge in [0.2, 0.25) is 6.79 Å². The van der Waals surface area contributed by atoms with E-state index in [0.717, 1.165) is 17.1 Å². The van der Waals surface area contributed by atoms with Crippen LogP contribution in [0.2, 0.25) is 0 Å². The van der Waals surface area contributed by atoms with E-state index in [1.165, 1.54) is 0 Å². The van der Waals surface area contributed by atoms with E-state index in [2.05, 4.69) is 5.32 Å². The summed E-state index contributed by atoms with van der Waals surface area (Å²) < 4.78 is 10.5. The third-order valence-electron chi connectivity index (χ3n) is 2.53. The molecule has 0 aromatic heterocycles. The van der Waals surface area contributed by atoms with E-state index in [-0.39, 0.29) is 12.8 Å². The summed E-state index contributed by atoms with van der Waals surface area (Å²) in [6.07, 6.45) is 0. The van der Waals surface area contributed by atoms with Crippen LogP contribution in [-0.2, 0) is 6.54 Å². The molecular weight excluding hydrogens is 220 g/mol. The van der Waals surface area contributed by atoms with Crippen molar-refractivity contribution in [1.82, 2.24) is 10.2 Å². The number of carbonyl (C=O) groups excluding carboxylic acids is 1. The molecular formula is C12H16N2O3. The van der Waals surface area contributed by atoms with E-state index in [0.29, 0.717) is 13.1 Å². The van der Waals surface area contributed by atoms with E-state index in [1.54, 1.807) is 11.9 Å². The lowest BCUT2D eigenvalue weighted by molar-refractivity contribution is 0.174. The fraction of sp³-hybridized carbons (Fsp3) is 0.417. The number of amides is 2. The number of nitrogens with one attached hydrogen (secondary N) is 1. The molecule has 5 heteroatoms. The second-order valence-corrected chi connectivity index (χ2v) is 3.88. The molecule has 0 spiro atoms. The summed E-state index contributed by atoms with van der Waals surface area (Å²) in [4.78, 5) is 13.2. The number of benzene rings is 1. The van der Waals surface area contributed by atoms with Gasteiger partial charge in [-0.25, -0.2) is 4.79 Å². The van der Waals surface area contributed by atoms with Gasteiger partial charge in [-0.3, -0.25) is 0 Å². The summed E-state index contributed by atoms with van der Waals surface area (Å²) in [6, 6.07) is 5.62. The predicted molar refractivity (Wildman–Crippen MR) is 63.1 cm³/mol. The van der Waals surface area contributed by atoms with Gasteiger partial charge < -0.3 is 19.7 Å². The molecule has 1 aliphatic rings. The SMILES string of the molecule is CCNC(=O)N(C)Cc1ccc2c(c1)OCO2. The molecule has 1 aromatic rings. The van der Waals surface area contributed by atoms with Crippen molar-refractivity contribution in [2.75, 3.05) is 20.4 Å². The number of urea groups is 1. The highest BCUT2D eigenvalue weighted by atomic mass is 16.7. The van der Waals surface area contributed by atoms with Crippen molar-refractivity contribution in [2.24, 2.45) is 0 Å². The second-order valence-electron chi connectivity index (χ2n) is 3.88. The molecule has 1 N–H and O–H groups in total. The van der Waals surface area contributed by atoms with Crippen LogP contribution >= 0.6 is 0 Å². The van der Waals surface area contributed by atoms with Crippen LogP contribution in [-0.4, -0.2) is 31.3 Å². The van der Waals surface area contributed by atoms with Gasteiger partial charge in [0.25, 0.3) is 0 Å². The smallest absolute Gasteiger partial charge is 0.317 e. The molecule has 0 unspecified atom stereocenters. The molecule has 5 nitrogen and oxygen atoms in total. The van der Waals surface area contributed by atoms with Crippen LogP contribution in [0.3, 0.4) is 0 Å². The van der Waals surface area contributed by atoms with Crippen molar-refractivity contribution >= 4 is 6.03 Å². The van der Waals surface area contributed by atoms with Crippen LogP contribution in [0.4, 0.5) is 4.79 Å². The minimum absolute atomic E-state index is 0.0785. The number of rotatable bonds is 3. The molecule has 0 bridgehead atoms. The number of fused-ring (bicyclic) bond motifs is 1. The van der Waals surface area contributed by atoms with E-state index in [1.807, 2.05) is 25.1 Å². The van der Waals surface area contributed by atoms with Gasteiger partial charge in [-0.15, -0.1) is 0 Å². The Morgan fingerprint density at radius 1 is 1.41 bits per heavy atom. The summed E-state index contributed by atoms with van der Waals surface area (Å²) in [7, 11) is 1.76. The van der Waals surface area contributed by atoms with Crippen molar-refractivity contribution in [3.05, 3.63) is 23.8 Å². The van der Waals surface area contributed by atoms with Gasteiger partial charge in [-0.2, -0.15) is 0 Å². The average molecular weight is 236 g/mol. The van der Waals surface area contributed by atoms with E-state index >= 15 is 0 Å². The van der Waals surface area contributed by atoms with Gasteiger partial charge in [0, 0.05) is 20.1 Å². The lowest BCUT2D eigenvalue weighted by Gasteiger charge is -2.17. The van der Waals surface area contributed by atoms with E-state index in [9.17, 15) is 4.79 Å². The van der Waals surface area contributed by atoms with Crippen LogP contribution in [0.15, 0.2) is 18.2 Å². The van der Waals surface area contributed by atoms with Crippen LogP contribution in [0.25, 0.3) is 0 Å². The van der Waals surface area contributed by atoms with Crippen LogP contribution in [0, 0.1) is 0 Å². The monoisotopic (exact) mass is 236 g/mol. The van der Waals surface area contributed by atoms with Crippen LogP contribution in [0.5, 0.6) is 11.5 Å². The first-order valence-corrected chi connectivity index (χ1v) is 5.58. The third-order valence-corrected chi connectivity index (χ3v) is 2.53. The molecule has 2 rings (SSSR count). The van der Waals surface area contributed by atoms with Gasteiger partial charge in [0.05, 0.1) is 0 Å². The van der Waals surface area contributed by atoms with Crippen molar-refractivity contribution in [2.45, 2.75) is 13.5 Å². The van der Waals surface area contributed by atoms with Gasteiger partial charge >= 0.3 is 6.03 Å². The molecule has 2 amide bonds. The predicted octanol–water partition coefficient (Wildman–Crippen LogP) is 1.58. The Kier molecular flexibility index (Phi) is 3.37. The summed E-state index contributed by atoms with van der Waals surface area (Å²) in [5, 5.41) is 2.75. The zero-order valence-corrected chi connectivity index (χ0v) is 10.0. The quantitative estimate of drug-likeness (QED) is 0.866. The molecule has 0 saturated carbocycles. The minimum Gasteiger partial charge on any atom is -0.454 e.